The second-order valence-electron chi connectivity index (χ2n) is 7.30. The van der Waals surface area contributed by atoms with Crippen molar-refractivity contribution in [1.29, 1.82) is 0 Å². The van der Waals surface area contributed by atoms with Gasteiger partial charge in [0.05, 0.1) is 0 Å². The van der Waals surface area contributed by atoms with Gasteiger partial charge >= 0.3 is 12.0 Å². The number of ether oxygens (including phenoxy) is 1. The third kappa shape index (κ3) is 4.32. The molecular formula is C20H25N3O5. The molecule has 1 saturated heterocycles. The quantitative estimate of drug-likeness (QED) is 0.538. The van der Waals surface area contributed by atoms with Crippen LogP contribution < -0.4 is 10.6 Å². The Morgan fingerprint density at radius 2 is 1.93 bits per heavy atom. The Kier molecular flexibility index (Phi) is 5.96. The Balaban J connectivity index is 1.39. The van der Waals surface area contributed by atoms with Crippen molar-refractivity contribution < 1.29 is 23.9 Å². The summed E-state index contributed by atoms with van der Waals surface area (Å²) < 4.78 is 4.92. The smallest absolute Gasteiger partial charge is 0.326 e. The molecule has 28 heavy (non-hydrogen) atoms. The summed E-state index contributed by atoms with van der Waals surface area (Å²) in [4.78, 5) is 49.2. The van der Waals surface area contributed by atoms with Crippen LogP contribution in [0.25, 0.3) is 0 Å². The summed E-state index contributed by atoms with van der Waals surface area (Å²) in [5, 5.41) is 5.39. The zero-order valence-corrected chi connectivity index (χ0v) is 16.0. The van der Waals surface area contributed by atoms with E-state index in [9.17, 15) is 19.2 Å². The fourth-order valence-corrected chi connectivity index (χ4v) is 3.74. The molecule has 1 spiro atoms. The van der Waals surface area contributed by atoms with Gasteiger partial charge in [0.25, 0.3) is 11.8 Å². The van der Waals surface area contributed by atoms with Gasteiger partial charge in [0.2, 0.25) is 0 Å². The third-order valence-electron chi connectivity index (χ3n) is 5.33. The van der Waals surface area contributed by atoms with Crippen LogP contribution in [0.15, 0.2) is 24.3 Å². The number of imide groups is 1. The predicted molar refractivity (Wildman–Crippen MR) is 100 cm³/mol. The van der Waals surface area contributed by atoms with Crippen LogP contribution in [0.3, 0.4) is 0 Å². The summed E-state index contributed by atoms with van der Waals surface area (Å²) in [6, 6.07) is 7.32. The summed E-state index contributed by atoms with van der Waals surface area (Å²) in [6.45, 7) is 1.51. The Morgan fingerprint density at radius 3 is 2.64 bits per heavy atom. The van der Waals surface area contributed by atoms with Crippen LogP contribution in [0.4, 0.5) is 4.79 Å². The normalized spacial score (nSPS) is 17.7. The standard InChI is InChI=1S/C20H25N3O5/c1-14-6-2-3-7-15(14)8-11-21-16(24)13-28-17(25)12-23-18(26)20(22-19(23)27)9-4-5-10-20/h2-3,6-7H,4-5,8-13H2,1H3,(H,21,24)(H,22,27). The molecule has 150 valence electrons. The molecule has 1 aromatic rings. The Bertz CT molecular complexity index is 786. The summed E-state index contributed by atoms with van der Waals surface area (Å²) in [7, 11) is 0. The predicted octanol–water partition coefficient (Wildman–Crippen LogP) is 1.06. The molecule has 1 heterocycles. The Morgan fingerprint density at radius 1 is 1.21 bits per heavy atom. The lowest BCUT2D eigenvalue weighted by Gasteiger charge is -2.19. The topological polar surface area (TPSA) is 105 Å². The van der Waals surface area contributed by atoms with E-state index in [2.05, 4.69) is 10.6 Å². The molecule has 0 bridgehead atoms. The van der Waals surface area contributed by atoms with Crippen molar-refractivity contribution in [2.45, 2.75) is 44.6 Å². The van der Waals surface area contributed by atoms with Crippen molar-refractivity contribution in [3.05, 3.63) is 35.4 Å². The van der Waals surface area contributed by atoms with Gasteiger partial charge in [0, 0.05) is 6.54 Å². The molecule has 0 atom stereocenters. The molecule has 2 fully saturated rings. The van der Waals surface area contributed by atoms with E-state index in [0.29, 0.717) is 25.8 Å². The van der Waals surface area contributed by atoms with Gasteiger partial charge < -0.3 is 15.4 Å². The third-order valence-corrected chi connectivity index (χ3v) is 5.33. The average molecular weight is 387 g/mol. The lowest BCUT2D eigenvalue weighted by Crippen LogP contribution is -2.44. The van der Waals surface area contributed by atoms with Crippen LogP contribution in [0.2, 0.25) is 0 Å². The highest BCUT2D eigenvalue weighted by Crippen LogP contribution is 2.34. The number of nitrogens with one attached hydrogen (secondary N) is 2. The number of esters is 1. The molecule has 1 saturated carbocycles. The number of hydrogen-bond acceptors (Lipinski definition) is 5. The minimum Gasteiger partial charge on any atom is -0.454 e. The van der Waals surface area contributed by atoms with Crippen molar-refractivity contribution in [2.24, 2.45) is 0 Å². The van der Waals surface area contributed by atoms with Gasteiger partial charge in [-0.1, -0.05) is 37.1 Å². The minimum atomic E-state index is -0.857. The lowest BCUT2D eigenvalue weighted by molar-refractivity contribution is -0.151. The molecule has 0 radical (unpaired) electrons. The van der Waals surface area contributed by atoms with E-state index in [1.165, 1.54) is 0 Å². The first-order valence-electron chi connectivity index (χ1n) is 9.52. The fourth-order valence-electron chi connectivity index (χ4n) is 3.74. The number of hydrogen-bond donors (Lipinski definition) is 2. The van der Waals surface area contributed by atoms with Gasteiger partial charge in [-0.2, -0.15) is 0 Å². The maximum Gasteiger partial charge on any atom is 0.326 e. The molecule has 3 rings (SSSR count). The number of amides is 4. The molecule has 1 aliphatic heterocycles. The van der Waals surface area contributed by atoms with Gasteiger partial charge in [0.1, 0.15) is 12.1 Å². The van der Waals surface area contributed by atoms with Crippen LogP contribution >= 0.6 is 0 Å². The first-order valence-corrected chi connectivity index (χ1v) is 9.52. The van der Waals surface area contributed by atoms with Crippen LogP contribution in [0.5, 0.6) is 0 Å². The summed E-state index contributed by atoms with van der Waals surface area (Å²) in [5.41, 5.74) is 1.43. The number of carbonyl (C=O) groups excluding carboxylic acids is 4. The zero-order valence-electron chi connectivity index (χ0n) is 16.0. The Hall–Kier alpha value is -2.90. The number of urea groups is 1. The SMILES string of the molecule is Cc1ccccc1CCNC(=O)COC(=O)CN1C(=O)NC2(CCCC2)C1=O. The molecule has 8 nitrogen and oxygen atoms in total. The number of carbonyl (C=O) groups is 4. The van der Waals surface area contributed by atoms with Crippen LogP contribution in [0, 0.1) is 6.92 Å². The summed E-state index contributed by atoms with van der Waals surface area (Å²) in [6.07, 6.45) is 3.59. The number of nitrogens with zero attached hydrogens (tertiary/aromatic N) is 1. The van der Waals surface area contributed by atoms with E-state index in [4.69, 9.17) is 4.74 Å². The number of benzene rings is 1. The molecule has 8 heteroatoms. The number of rotatable bonds is 7. The molecule has 2 aliphatic rings. The molecular weight excluding hydrogens is 362 g/mol. The monoisotopic (exact) mass is 387 g/mol. The summed E-state index contributed by atoms with van der Waals surface area (Å²) >= 11 is 0. The Labute approximate surface area is 163 Å². The fraction of sp³-hybridized carbons (Fsp3) is 0.500. The maximum atomic E-state index is 12.5. The molecule has 1 aliphatic carbocycles. The van der Waals surface area contributed by atoms with Gasteiger partial charge in [0.15, 0.2) is 6.61 Å². The first-order chi connectivity index (χ1) is 13.4. The lowest BCUT2D eigenvalue weighted by atomic mass is 9.98. The van der Waals surface area contributed by atoms with Crippen molar-refractivity contribution in [1.82, 2.24) is 15.5 Å². The van der Waals surface area contributed by atoms with Crippen molar-refractivity contribution in [3.8, 4) is 0 Å². The largest absolute Gasteiger partial charge is 0.454 e. The highest BCUT2D eigenvalue weighted by atomic mass is 16.5. The van der Waals surface area contributed by atoms with Crippen LogP contribution in [0.1, 0.15) is 36.8 Å². The summed E-state index contributed by atoms with van der Waals surface area (Å²) in [5.74, 6) is -1.59. The zero-order chi connectivity index (χ0) is 20.1. The molecule has 0 unspecified atom stereocenters. The first kappa shape index (κ1) is 19.9. The van der Waals surface area contributed by atoms with E-state index in [1.807, 2.05) is 31.2 Å². The van der Waals surface area contributed by atoms with Gasteiger partial charge in [-0.25, -0.2) is 4.79 Å². The van der Waals surface area contributed by atoms with Crippen LogP contribution in [-0.4, -0.2) is 54.0 Å². The van der Waals surface area contributed by atoms with Gasteiger partial charge in [-0.05, 0) is 37.3 Å². The van der Waals surface area contributed by atoms with E-state index >= 15 is 0 Å². The van der Waals surface area contributed by atoms with E-state index in [0.717, 1.165) is 28.9 Å². The maximum absolute atomic E-state index is 12.5. The highest BCUT2D eigenvalue weighted by Gasteiger charge is 2.52. The molecule has 1 aromatic carbocycles. The molecule has 2 N–H and O–H groups in total. The van der Waals surface area contributed by atoms with E-state index < -0.39 is 36.6 Å². The second-order valence-corrected chi connectivity index (χ2v) is 7.30. The van der Waals surface area contributed by atoms with E-state index in [-0.39, 0.29) is 5.91 Å². The van der Waals surface area contributed by atoms with E-state index in [1.54, 1.807) is 0 Å². The van der Waals surface area contributed by atoms with Crippen molar-refractivity contribution in [3.63, 3.8) is 0 Å². The van der Waals surface area contributed by atoms with Gasteiger partial charge in [-0.3, -0.25) is 19.3 Å². The van der Waals surface area contributed by atoms with Crippen molar-refractivity contribution in [2.75, 3.05) is 19.7 Å². The molecule has 4 amide bonds. The van der Waals surface area contributed by atoms with Crippen molar-refractivity contribution >= 4 is 23.8 Å². The molecule has 0 aromatic heterocycles. The minimum absolute atomic E-state index is 0.380. The number of aryl methyl sites for hydroxylation is 1. The van der Waals surface area contributed by atoms with Crippen LogP contribution in [-0.2, 0) is 25.5 Å². The highest BCUT2D eigenvalue weighted by molar-refractivity contribution is 6.08. The second kappa shape index (κ2) is 8.41. The average Bonchev–Trinajstić information content (AvgIpc) is 3.22. The van der Waals surface area contributed by atoms with Gasteiger partial charge in [-0.15, -0.1) is 0 Å².